The minimum atomic E-state index is -4.77. The molecule has 0 aliphatic carbocycles. The molecule has 0 fully saturated rings. The van der Waals surface area contributed by atoms with E-state index < -0.39 is 22.4 Å². The van der Waals surface area contributed by atoms with Crippen LogP contribution in [0.5, 0.6) is 0 Å². The Balaban J connectivity index is 2.31. The molecule has 1 aromatic heterocycles. The molecular weight excluding hydrogens is 327 g/mol. The van der Waals surface area contributed by atoms with Gasteiger partial charge in [-0.1, -0.05) is 0 Å². The molecule has 0 saturated heterocycles. The van der Waals surface area contributed by atoms with E-state index in [4.69, 9.17) is 4.74 Å². The van der Waals surface area contributed by atoms with E-state index in [0.29, 0.717) is 23.4 Å². The molecule has 2 aromatic rings. The Bertz CT molecular complexity index is 815. The maximum atomic E-state index is 12.8. The van der Waals surface area contributed by atoms with Gasteiger partial charge in [-0.25, -0.2) is 4.99 Å². The molecule has 1 N–H and O–H groups in total. The van der Waals surface area contributed by atoms with Crippen molar-refractivity contribution in [1.82, 2.24) is 0 Å². The summed E-state index contributed by atoms with van der Waals surface area (Å²) in [5.41, 5.74) is -2.27. The van der Waals surface area contributed by atoms with Gasteiger partial charge in [0.25, 0.3) is 17.1 Å². The van der Waals surface area contributed by atoms with Crippen molar-refractivity contribution in [1.29, 1.82) is 0 Å². The SMILES string of the molecule is O=[N+]([O-])c1cc(C(F)(F)F)cc2c1sc(C1=NCCO1)[n+]2O. The molecular formula is C11H7F3N3O4S+. The van der Waals surface area contributed by atoms with E-state index in [-0.39, 0.29) is 27.7 Å². The van der Waals surface area contributed by atoms with E-state index in [9.17, 15) is 28.5 Å². The van der Waals surface area contributed by atoms with Crippen molar-refractivity contribution in [3.8, 4) is 0 Å². The molecule has 0 bridgehead atoms. The van der Waals surface area contributed by atoms with Crippen molar-refractivity contribution in [3.05, 3.63) is 32.8 Å². The third-order valence-corrected chi connectivity index (χ3v) is 4.12. The van der Waals surface area contributed by atoms with E-state index in [1.54, 1.807) is 0 Å². The van der Waals surface area contributed by atoms with Gasteiger partial charge < -0.3 is 4.74 Å². The van der Waals surface area contributed by atoms with Gasteiger partial charge in [0.1, 0.15) is 6.61 Å². The van der Waals surface area contributed by atoms with Crippen molar-refractivity contribution in [3.63, 3.8) is 0 Å². The summed E-state index contributed by atoms with van der Waals surface area (Å²) in [7, 11) is 0. The standard InChI is InChI=1S/C11H7F3N3O4S/c12-11(13,14)5-3-6-8(7(4-5)17(19)20)22-10(16(6)18)9-15-1-2-21-9/h3-4,18H,1-2H2/q+1. The lowest BCUT2D eigenvalue weighted by atomic mass is 10.2. The van der Waals surface area contributed by atoms with Crippen LogP contribution in [0.3, 0.4) is 0 Å². The first-order valence-corrected chi connectivity index (χ1v) is 6.71. The highest BCUT2D eigenvalue weighted by Crippen LogP contribution is 2.38. The molecule has 1 aliphatic rings. The number of aromatic nitrogens is 1. The molecule has 0 unspecified atom stereocenters. The van der Waals surface area contributed by atoms with Gasteiger partial charge in [-0.15, -0.1) is 0 Å². The number of nitrogens with zero attached hydrogens (tertiary/aromatic N) is 3. The molecule has 11 heteroatoms. The predicted molar refractivity (Wildman–Crippen MR) is 68.2 cm³/mol. The first-order chi connectivity index (χ1) is 10.3. The van der Waals surface area contributed by atoms with Crippen LogP contribution < -0.4 is 4.73 Å². The number of hydrogen-bond donors (Lipinski definition) is 1. The highest BCUT2D eigenvalue weighted by Gasteiger charge is 2.39. The Kier molecular flexibility index (Phi) is 3.16. The molecule has 0 amide bonds. The zero-order valence-corrected chi connectivity index (χ0v) is 11.4. The van der Waals surface area contributed by atoms with Gasteiger partial charge in [0.05, 0.1) is 17.0 Å². The second-order valence-corrected chi connectivity index (χ2v) is 5.35. The summed E-state index contributed by atoms with van der Waals surface area (Å²) in [6.07, 6.45) is -4.77. The Labute approximate surface area is 124 Å². The van der Waals surface area contributed by atoms with Crippen LogP contribution in [0.4, 0.5) is 18.9 Å². The lowest BCUT2D eigenvalue weighted by Crippen LogP contribution is -2.35. The minimum Gasteiger partial charge on any atom is -0.470 e. The van der Waals surface area contributed by atoms with E-state index in [1.165, 1.54) is 0 Å². The summed E-state index contributed by atoms with van der Waals surface area (Å²) in [6.45, 7) is 0.624. The van der Waals surface area contributed by atoms with Gasteiger partial charge in [0, 0.05) is 16.9 Å². The topological polar surface area (TPSA) is 88.8 Å². The van der Waals surface area contributed by atoms with Gasteiger partial charge in [-0.2, -0.15) is 13.2 Å². The van der Waals surface area contributed by atoms with Crippen LogP contribution in [0.1, 0.15) is 10.6 Å². The third kappa shape index (κ3) is 2.22. The summed E-state index contributed by atoms with van der Waals surface area (Å²) in [4.78, 5) is 14.0. The number of alkyl halides is 3. The number of thiazole rings is 1. The highest BCUT2D eigenvalue weighted by molar-refractivity contribution is 7.20. The predicted octanol–water partition coefficient (Wildman–Crippen LogP) is 2.13. The number of halogens is 3. The molecule has 1 aromatic carbocycles. The Hall–Kier alpha value is -2.43. The van der Waals surface area contributed by atoms with Crippen molar-refractivity contribution < 1.29 is 32.8 Å². The van der Waals surface area contributed by atoms with Crippen molar-refractivity contribution in [2.24, 2.45) is 4.99 Å². The van der Waals surface area contributed by atoms with E-state index in [2.05, 4.69) is 4.99 Å². The fourth-order valence-corrected chi connectivity index (χ4v) is 3.08. The molecule has 0 saturated carbocycles. The molecule has 1 aliphatic heterocycles. The van der Waals surface area contributed by atoms with E-state index in [0.717, 1.165) is 11.3 Å². The van der Waals surface area contributed by atoms with Crippen LogP contribution in [0.25, 0.3) is 10.2 Å². The molecule has 3 rings (SSSR count). The molecule has 0 radical (unpaired) electrons. The number of fused-ring (bicyclic) bond motifs is 1. The zero-order valence-electron chi connectivity index (χ0n) is 10.6. The number of hydrogen-bond acceptors (Lipinski definition) is 6. The summed E-state index contributed by atoms with van der Waals surface area (Å²) in [5, 5.41) is 21.1. The Morgan fingerprint density at radius 3 is 2.73 bits per heavy atom. The van der Waals surface area contributed by atoms with Gasteiger partial charge in [-0.05, 0) is 11.3 Å². The number of non-ortho nitro benzene ring substituents is 1. The van der Waals surface area contributed by atoms with Gasteiger partial charge in [0.2, 0.25) is 0 Å². The Morgan fingerprint density at radius 1 is 1.45 bits per heavy atom. The lowest BCUT2D eigenvalue weighted by Gasteiger charge is -2.04. The number of benzene rings is 1. The molecule has 2 heterocycles. The molecule has 0 atom stereocenters. The van der Waals surface area contributed by atoms with Crippen LogP contribution >= 0.6 is 11.3 Å². The summed E-state index contributed by atoms with van der Waals surface area (Å²) in [6, 6.07) is 1.10. The van der Waals surface area contributed by atoms with Crippen LogP contribution in [-0.4, -0.2) is 29.2 Å². The summed E-state index contributed by atoms with van der Waals surface area (Å²) in [5.74, 6) is 0.0477. The largest absolute Gasteiger partial charge is 0.470 e. The number of nitro benzene ring substituents is 1. The Morgan fingerprint density at radius 2 is 2.18 bits per heavy atom. The quantitative estimate of drug-likeness (QED) is 0.394. The maximum Gasteiger partial charge on any atom is 0.416 e. The minimum absolute atomic E-state index is 0.00919. The monoisotopic (exact) mass is 334 g/mol. The van der Waals surface area contributed by atoms with E-state index in [1.807, 2.05) is 0 Å². The van der Waals surface area contributed by atoms with Gasteiger partial charge in [0.15, 0.2) is 4.70 Å². The first-order valence-electron chi connectivity index (χ1n) is 5.90. The average Bonchev–Trinajstić information content (AvgIpc) is 3.05. The van der Waals surface area contributed by atoms with Gasteiger partial charge in [-0.3, -0.25) is 15.3 Å². The molecule has 0 spiro atoms. The van der Waals surface area contributed by atoms with Crippen molar-refractivity contribution in [2.75, 3.05) is 13.2 Å². The second-order valence-electron chi connectivity index (χ2n) is 4.35. The van der Waals surface area contributed by atoms with Crippen molar-refractivity contribution >= 4 is 33.1 Å². The number of rotatable bonds is 2. The number of nitro groups is 1. The number of ether oxygens (including phenoxy) is 1. The molecule has 22 heavy (non-hydrogen) atoms. The van der Waals surface area contributed by atoms with E-state index >= 15 is 0 Å². The van der Waals surface area contributed by atoms with Crippen molar-refractivity contribution in [2.45, 2.75) is 6.18 Å². The van der Waals surface area contributed by atoms with Crippen LogP contribution in [-0.2, 0) is 10.9 Å². The van der Waals surface area contributed by atoms with Crippen LogP contribution in [0.2, 0.25) is 0 Å². The second kappa shape index (κ2) is 4.80. The number of aliphatic imine (C=N–C) groups is 1. The summed E-state index contributed by atoms with van der Waals surface area (Å²) < 4.78 is 44.0. The normalized spacial score (nSPS) is 15.0. The van der Waals surface area contributed by atoms with Gasteiger partial charge >= 0.3 is 11.2 Å². The van der Waals surface area contributed by atoms with Crippen LogP contribution in [0, 0.1) is 10.1 Å². The zero-order chi connectivity index (χ0) is 16.1. The first kappa shape index (κ1) is 14.5. The van der Waals surface area contributed by atoms with Crippen LogP contribution in [0.15, 0.2) is 17.1 Å². The maximum absolute atomic E-state index is 12.8. The fraction of sp³-hybridized carbons (Fsp3) is 0.273. The average molecular weight is 334 g/mol. The summed E-state index contributed by atoms with van der Waals surface area (Å²) >= 11 is 0.744. The lowest BCUT2D eigenvalue weighted by molar-refractivity contribution is -0.882. The third-order valence-electron chi connectivity index (χ3n) is 2.96. The molecule has 7 nitrogen and oxygen atoms in total. The molecule has 116 valence electrons. The highest BCUT2D eigenvalue weighted by atomic mass is 32.1. The fourth-order valence-electron chi connectivity index (χ4n) is 2.01. The smallest absolute Gasteiger partial charge is 0.416 e.